The van der Waals surface area contributed by atoms with E-state index in [9.17, 15) is 14.9 Å². The van der Waals surface area contributed by atoms with Gasteiger partial charge in [-0.15, -0.1) is 0 Å². The van der Waals surface area contributed by atoms with Gasteiger partial charge in [0.2, 0.25) is 5.91 Å². The van der Waals surface area contributed by atoms with Crippen LogP contribution >= 0.6 is 0 Å². The molecule has 36 heavy (non-hydrogen) atoms. The summed E-state index contributed by atoms with van der Waals surface area (Å²) in [5.74, 6) is 1.89. The highest BCUT2D eigenvalue weighted by Crippen LogP contribution is 2.63. The molecular formula is C29H22N2O5. The highest BCUT2D eigenvalue weighted by molar-refractivity contribution is 6.13. The third-order valence-corrected chi connectivity index (χ3v) is 6.91. The van der Waals surface area contributed by atoms with Crippen molar-refractivity contribution in [2.24, 2.45) is 0 Å². The molecule has 1 saturated heterocycles. The number of β-lactam (4-membered cyclic amide) rings is 1. The van der Waals surface area contributed by atoms with Crippen molar-refractivity contribution < 1.29 is 19.2 Å². The van der Waals surface area contributed by atoms with Crippen LogP contribution in [0, 0.1) is 10.1 Å². The summed E-state index contributed by atoms with van der Waals surface area (Å²) in [6.07, 6.45) is 0. The van der Waals surface area contributed by atoms with Gasteiger partial charge in [0, 0.05) is 28.9 Å². The van der Waals surface area contributed by atoms with Gasteiger partial charge in [-0.05, 0) is 48.9 Å². The van der Waals surface area contributed by atoms with Crippen LogP contribution in [0.4, 0.5) is 11.4 Å². The lowest BCUT2D eigenvalue weighted by atomic mass is 9.58. The molecule has 0 saturated carbocycles. The molecule has 0 aromatic heterocycles. The molecule has 7 nitrogen and oxygen atoms in total. The van der Waals surface area contributed by atoms with E-state index in [0.29, 0.717) is 18.1 Å². The normalized spacial score (nSPS) is 17.0. The molecule has 4 aromatic carbocycles. The number of para-hydroxylation sites is 2. The monoisotopic (exact) mass is 478 g/mol. The Kier molecular flexibility index (Phi) is 5.00. The first-order chi connectivity index (χ1) is 17.6. The molecule has 0 aliphatic carbocycles. The Labute approximate surface area is 207 Å². The second kappa shape index (κ2) is 8.23. The quantitative estimate of drug-likeness (QED) is 0.195. The molecule has 1 atom stereocenters. The van der Waals surface area contributed by atoms with Gasteiger partial charge < -0.3 is 14.4 Å². The summed E-state index contributed by atoms with van der Waals surface area (Å²) in [4.78, 5) is 27.0. The highest BCUT2D eigenvalue weighted by atomic mass is 16.6. The van der Waals surface area contributed by atoms with Crippen molar-refractivity contribution in [3.8, 4) is 17.2 Å². The number of benzene rings is 4. The van der Waals surface area contributed by atoms with Crippen LogP contribution in [0.15, 0.2) is 97.1 Å². The number of carbonyl (C=O) groups is 1. The molecule has 2 aliphatic heterocycles. The zero-order chi connectivity index (χ0) is 24.9. The van der Waals surface area contributed by atoms with Crippen molar-refractivity contribution in [2.75, 3.05) is 11.5 Å². The van der Waals surface area contributed by atoms with E-state index in [1.54, 1.807) is 17.0 Å². The average molecular weight is 479 g/mol. The van der Waals surface area contributed by atoms with Crippen LogP contribution in [0.2, 0.25) is 0 Å². The maximum atomic E-state index is 14.4. The lowest BCUT2D eigenvalue weighted by Gasteiger charge is -2.58. The number of rotatable bonds is 5. The van der Waals surface area contributed by atoms with E-state index in [1.807, 2.05) is 79.7 Å². The Bertz CT molecular complexity index is 1440. The summed E-state index contributed by atoms with van der Waals surface area (Å²) < 4.78 is 11.8. The Morgan fingerprint density at radius 1 is 0.889 bits per heavy atom. The smallest absolute Gasteiger partial charge is 0.269 e. The maximum absolute atomic E-state index is 14.4. The summed E-state index contributed by atoms with van der Waals surface area (Å²) in [7, 11) is 0. The van der Waals surface area contributed by atoms with E-state index < -0.39 is 16.4 Å². The van der Waals surface area contributed by atoms with E-state index in [-0.39, 0.29) is 11.6 Å². The van der Waals surface area contributed by atoms with E-state index in [4.69, 9.17) is 9.47 Å². The number of nitrogens with zero attached hydrogens (tertiary/aromatic N) is 2. The predicted molar refractivity (Wildman–Crippen MR) is 135 cm³/mol. The standard InChI is InChI=1S/C29H22N2O5/c1-2-35-22-17-15-20(16-18-22)30-27(19-11-13-21(14-12-19)31(33)34)29(28(30)32)23-7-3-5-9-25(23)36-26-10-6-4-8-24(26)29/h3-18,27H,2H2,1H3. The molecule has 4 aromatic rings. The second-order valence-electron chi connectivity index (χ2n) is 8.76. The number of anilines is 1. The molecule has 0 bridgehead atoms. The molecule has 1 unspecified atom stereocenters. The first-order valence-electron chi connectivity index (χ1n) is 11.7. The second-order valence-corrected chi connectivity index (χ2v) is 8.76. The molecular weight excluding hydrogens is 456 g/mol. The summed E-state index contributed by atoms with van der Waals surface area (Å²) in [6, 6.07) is 28.6. The fraction of sp³-hybridized carbons (Fsp3) is 0.138. The average Bonchev–Trinajstić information content (AvgIpc) is 2.91. The topological polar surface area (TPSA) is 81.9 Å². The molecule has 2 heterocycles. The van der Waals surface area contributed by atoms with Crippen LogP contribution in [0.25, 0.3) is 0 Å². The lowest BCUT2D eigenvalue weighted by Crippen LogP contribution is -2.67. The maximum Gasteiger partial charge on any atom is 0.269 e. The van der Waals surface area contributed by atoms with Crippen molar-refractivity contribution in [3.05, 3.63) is 124 Å². The van der Waals surface area contributed by atoms with Gasteiger partial charge in [0.25, 0.3) is 5.69 Å². The highest BCUT2D eigenvalue weighted by Gasteiger charge is 2.66. The minimum Gasteiger partial charge on any atom is -0.494 e. The van der Waals surface area contributed by atoms with Gasteiger partial charge in [-0.3, -0.25) is 14.9 Å². The van der Waals surface area contributed by atoms with Crippen molar-refractivity contribution in [1.29, 1.82) is 0 Å². The third-order valence-electron chi connectivity index (χ3n) is 6.91. The van der Waals surface area contributed by atoms with Crippen molar-refractivity contribution in [3.63, 3.8) is 0 Å². The third kappa shape index (κ3) is 3.02. The van der Waals surface area contributed by atoms with Crippen LogP contribution in [-0.2, 0) is 10.2 Å². The van der Waals surface area contributed by atoms with Crippen LogP contribution in [0.3, 0.4) is 0 Å². The largest absolute Gasteiger partial charge is 0.494 e. The predicted octanol–water partition coefficient (Wildman–Crippen LogP) is 6.17. The summed E-state index contributed by atoms with van der Waals surface area (Å²) in [5, 5.41) is 11.3. The number of amides is 1. The van der Waals surface area contributed by atoms with Gasteiger partial charge in [0.1, 0.15) is 22.7 Å². The van der Waals surface area contributed by atoms with E-state index in [1.165, 1.54) is 12.1 Å². The van der Waals surface area contributed by atoms with Crippen LogP contribution in [0.1, 0.15) is 29.7 Å². The molecule has 178 valence electrons. The summed E-state index contributed by atoms with van der Waals surface area (Å²) in [6.45, 7) is 2.46. The molecule has 2 aliphatic rings. The lowest BCUT2D eigenvalue weighted by molar-refractivity contribution is -0.384. The zero-order valence-electron chi connectivity index (χ0n) is 19.5. The fourth-order valence-electron chi connectivity index (χ4n) is 5.42. The van der Waals surface area contributed by atoms with E-state index >= 15 is 0 Å². The number of ether oxygens (including phenoxy) is 2. The molecule has 7 heteroatoms. The van der Waals surface area contributed by atoms with Crippen LogP contribution in [0.5, 0.6) is 17.2 Å². The van der Waals surface area contributed by atoms with E-state index in [0.717, 1.165) is 28.1 Å². The molecule has 1 fully saturated rings. The molecule has 0 N–H and O–H groups in total. The van der Waals surface area contributed by atoms with Crippen LogP contribution < -0.4 is 14.4 Å². The molecule has 6 rings (SSSR count). The van der Waals surface area contributed by atoms with Crippen molar-refractivity contribution >= 4 is 17.3 Å². The molecule has 0 radical (unpaired) electrons. The number of non-ortho nitro benzene ring substituents is 1. The number of hydrogen-bond donors (Lipinski definition) is 0. The molecule has 1 spiro atoms. The van der Waals surface area contributed by atoms with Gasteiger partial charge in [-0.2, -0.15) is 0 Å². The van der Waals surface area contributed by atoms with Gasteiger partial charge in [0.15, 0.2) is 0 Å². The van der Waals surface area contributed by atoms with Gasteiger partial charge in [-0.1, -0.05) is 48.5 Å². The summed E-state index contributed by atoms with van der Waals surface area (Å²) in [5.41, 5.74) is 2.02. The summed E-state index contributed by atoms with van der Waals surface area (Å²) >= 11 is 0. The number of hydrogen-bond acceptors (Lipinski definition) is 5. The Hall–Kier alpha value is -4.65. The first-order valence-corrected chi connectivity index (χ1v) is 11.7. The van der Waals surface area contributed by atoms with Crippen LogP contribution in [-0.4, -0.2) is 17.4 Å². The first kappa shape index (κ1) is 21.9. The molecule has 1 amide bonds. The van der Waals surface area contributed by atoms with Gasteiger partial charge >= 0.3 is 0 Å². The number of fused-ring (bicyclic) bond motifs is 4. The van der Waals surface area contributed by atoms with Gasteiger partial charge in [-0.25, -0.2) is 0 Å². The number of carbonyl (C=O) groups excluding carboxylic acids is 1. The van der Waals surface area contributed by atoms with E-state index in [2.05, 4.69) is 0 Å². The minimum absolute atomic E-state index is 0.00107. The SMILES string of the molecule is CCOc1ccc(N2C(=O)C3(c4ccccc4Oc4ccccc43)C2c2ccc([N+](=O)[O-])cc2)cc1. The number of nitro benzene ring substituents is 1. The van der Waals surface area contributed by atoms with Gasteiger partial charge in [0.05, 0.1) is 17.6 Å². The van der Waals surface area contributed by atoms with Crippen molar-refractivity contribution in [1.82, 2.24) is 0 Å². The Morgan fingerprint density at radius 2 is 1.47 bits per heavy atom. The minimum atomic E-state index is -1.04. The Morgan fingerprint density at radius 3 is 2.03 bits per heavy atom. The number of nitro groups is 1. The van der Waals surface area contributed by atoms with Crippen molar-refractivity contribution in [2.45, 2.75) is 18.4 Å². The fourth-order valence-corrected chi connectivity index (χ4v) is 5.42. The Balaban J connectivity index is 1.57. The zero-order valence-corrected chi connectivity index (χ0v) is 19.5.